The maximum Gasteiger partial charge on any atom is 0.175 e. The molecular formula is C19H21N5O3. The summed E-state index contributed by atoms with van der Waals surface area (Å²) in [5.41, 5.74) is 2.48. The summed E-state index contributed by atoms with van der Waals surface area (Å²) < 4.78 is 15.9. The summed E-state index contributed by atoms with van der Waals surface area (Å²) in [6.07, 6.45) is 2.46. The van der Waals surface area contributed by atoms with E-state index < -0.39 is 0 Å². The van der Waals surface area contributed by atoms with Crippen LogP contribution in [0.3, 0.4) is 0 Å². The van der Waals surface area contributed by atoms with Crippen LogP contribution in [0.5, 0.6) is 11.5 Å². The molecule has 0 saturated heterocycles. The molecule has 2 aromatic heterocycles. The number of fused-ring (bicyclic) bond motifs is 1. The molecule has 1 aliphatic rings. The molecule has 0 atom stereocenters. The third-order valence-corrected chi connectivity index (χ3v) is 4.58. The SMILES string of the molecule is COc1cc2c(cc1OC)CN(c1cc(Nc3cc(C)on3)ncn1)CC2. The predicted octanol–water partition coefficient (Wildman–Crippen LogP) is 3.10. The van der Waals surface area contributed by atoms with Crippen molar-refractivity contribution in [1.29, 1.82) is 0 Å². The fourth-order valence-electron chi connectivity index (χ4n) is 3.22. The fraction of sp³-hybridized carbons (Fsp3) is 0.316. The van der Waals surface area contributed by atoms with Crippen LogP contribution in [0.4, 0.5) is 17.5 Å². The molecule has 140 valence electrons. The number of aryl methyl sites for hydroxylation is 1. The van der Waals surface area contributed by atoms with Crippen LogP contribution < -0.4 is 19.7 Å². The molecule has 1 aromatic carbocycles. The van der Waals surface area contributed by atoms with E-state index in [2.05, 4.69) is 31.4 Å². The van der Waals surface area contributed by atoms with Crippen LogP contribution in [-0.2, 0) is 13.0 Å². The summed E-state index contributed by atoms with van der Waals surface area (Å²) in [4.78, 5) is 10.9. The second kappa shape index (κ2) is 7.14. The van der Waals surface area contributed by atoms with Crippen molar-refractivity contribution in [3.05, 3.63) is 47.5 Å². The van der Waals surface area contributed by atoms with Gasteiger partial charge in [0.15, 0.2) is 17.3 Å². The Morgan fingerprint density at radius 2 is 1.78 bits per heavy atom. The van der Waals surface area contributed by atoms with E-state index in [1.807, 2.05) is 25.1 Å². The Morgan fingerprint density at radius 1 is 1.00 bits per heavy atom. The lowest BCUT2D eigenvalue weighted by molar-refractivity contribution is 0.353. The first-order valence-electron chi connectivity index (χ1n) is 8.67. The van der Waals surface area contributed by atoms with Gasteiger partial charge < -0.3 is 24.2 Å². The topological polar surface area (TPSA) is 85.5 Å². The number of benzene rings is 1. The maximum atomic E-state index is 5.44. The van der Waals surface area contributed by atoms with Gasteiger partial charge in [-0.25, -0.2) is 9.97 Å². The minimum Gasteiger partial charge on any atom is -0.493 e. The highest BCUT2D eigenvalue weighted by Crippen LogP contribution is 2.34. The van der Waals surface area contributed by atoms with Crippen molar-refractivity contribution in [3.8, 4) is 11.5 Å². The maximum absolute atomic E-state index is 5.44. The van der Waals surface area contributed by atoms with E-state index in [0.717, 1.165) is 42.6 Å². The van der Waals surface area contributed by atoms with E-state index >= 15 is 0 Å². The van der Waals surface area contributed by atoms with Gasteiger partial charge in [-0.15, -0.1) is 0 Å². The highest BCUT2D eigenvalue weighted by Gasteiger charge is 2.21. The molecule has 1 aliphatic heterocycles. The summed E-state index contributed by atoms with van der Waals surface area (Å²) in [6.45, 7) is 3.45. The lowest BCUT2D eigenvalue weighted by Gasteiger charge is -2.30. The monoisotopic (exact) mass is 367 g/mol. The molecule has 8 heteroatoms. The summed E-state index contributed by atoms with van der Waals surface area (Å²) in [7, 11) is 3.31. The zero-order valence-electron chi connectivity index (χ0n) is 15.5. The molecule has 0 bridgehead atoms. The molecule has 0 aliphatic carbocycles. The zero-order chi connectivity index (χ0) is 18.8. The van der Waals surface area contributed by atoms with Gasteiger partial charge in [0.2, 0.25) is 0 Å². The van der Waals surface area contributed by atoms with Crippen molar-refractivity contribution < 1.29 is 14.0 Å². The number of hydrogen-bond acceptors (Lipinski definition) is 8. The largest absolute Gasteiger partial charge is 0.493 e. The van der Waals surface area contributed by atoms with Crippen molar-refractivity contribution >= 4 is 17.5 Å². The van der Waals surface area contributed by atoms with Gasteiger partial charge in [-0.05, 0) is 36.6 Å². The predicted molar refractivity (Wildman–Crippen MR) is 101 cm³/mol. The van der Waals surface area contributed by atoms with Gasteiger partial charge >= 0.3 is 0 Å². The number of ether oxygens (including phenoxy) is 2. The number of methoxy groups -OCH3 is 2. The Kier molecular flexibility index (Phi) is 4.53. The van der Waals surface area contributed by atoms with Crippen molar-refractivity contribution in [3.63, 3.8) is 0 Å². The Bertz CT molecular complexity index is 956. The lowest BCUT2D eigenvalue weighted by Crippen LogP contribution is -2.31. The smallest absolute Gasteiger partial charge is 0.175 e. The third kappa shape index (κ3) is 3.51. The Morgan fingerprint density at radius 3 is 2.48 bits per heavy atom. The first kappa shape index (κ1) is 17.1. The first-order valence-corrected chi connectivity index (χ1v) is 8.67. The van der Waals surface area contributed by atoms with E-state index in [0.29, 0.717) is 11.6 Å². The van der Waals surface area contributed by atoms with E-state index in [-0.39, 0.29) is 0 Å². The van der Waals surface area contributed by atoms with Crippen molar-refractivity contribution in [2.45, 2.75) is 19.9 Å². The van der Waals surface area contributed by atoms with Gasteiger partial charge in [0, 0.05) is 25.2 Å². The van der Waals surface area contributed by atoms with E-state index in [4.69, 9.17) is 14.0 Å². The molecule has 0 radical (unpaired) electrons. The average molecular weight is 367 g/mol. The van der Waals surface area contributed by atoms with Crippen LogP contribution in [0, 0.1) is 6.92 Å². The van der Waals surface area contributed by atoms with Crippen molar-refractivity contribution in [1.82, 2.24) is 15.1 Å². The Labute approximate surface area is 157 Å². The second-order valence-corrected chi connectivity index (χ2v) is 6.36. The number of nitrogens with one attached hydrogen (secondary N) is 1. The molecule has 4 rings (SSSR count). The molecule has 3 heterocycles. The van der Waals surface area contributed by atoms with Gasteiger partial charge in [-0.2, -0.15) is 0 Å². The zero-order valence-corrected chi connectivity index (χ0v) is 15.5. The van der Waals surface area contributed by atoms with Gasteiger partial charge in [-0.1, -0.05) is 5.16 Å². The van der Waals surface area contributed by atoms with Gasteiger partial charge in [0.1, 0.15) is 23.7 Å². The third-order valence-electron chi connectivity index (χ3n) is 4.58. The van der Waals surface area contributed by atoms with E-state index in [1.54, 1.807) is 20.5 Å². The molecule has 0 spiro atoms. The van der Waals surface area contributed by atoms with Crippen LogP contribution in [0.15, 0.2) is 35.1 Å². The highest BCUT2D eigenvalue weighted by molar-refractivity contribution is 5.57. The standard InChI is InChI=1S/C19H21N5O3/c1-12-6-18(23-27-12)22-17-9-19(21-11-20-17)24-5-4-13-7-15(25-2)16(26-3)8-14(13)10-24/h6-9,11H,4-5,10H2,1-3H3,(H,20,21,22,23). The number of hydrogen-bond donors (Lipinski definition) is 1. The normalized spacial score (nSPS) is 13.2. The lowest BCUT2D eigenvalue weighted by atomic mass is 9.99. The number of anilines is 3. The van der Waals surface area contributed by atoms with Gasteiger partial charge in [-0.3, -0.25) is 0 Å². The molecule has 0 unspecified atom stereocenters. The molecule has 8 nitrogen and oxygen atoms in total. The van der Waals surface area contributed by atoms with Crippen LogP contribution >= 0.6 is 0 Å². The number of rotatable bonds is 5. The average Bonchev–Trinajstić information content (AvgIpc) is 3.11. The van der Waals surface area contributed by atoms with Crippen LogP contribution in [0.2, 0.25) is 0 Å². The molecule has 3 aromatic rings. The van der Waals surface area contributed by atoms with Gasteiger partial charge in [0.25, 0.3) is 0 Å². The van der Waals surface area contributed by atoms with Crippen LogP contribution in [-0.4, -0.2) is 35.9 Å². The van der Waals surface area contributed by atoms with E-state index in [1.165, 1.54) is 11.1 Å². The molecule has 27 heavy (non-hydrogen) atoms. The minimum absolute atomic E-state index is 0.623. The second-order valence-electron chi connectivity index (χ2n) is 6.36. The molecule has 0 amide bonds. The van der Waals surface area contributed by atoms with Gasteiger partial charge in [0.05, 0.1) is 14.2 Å². The molecule has 0 saturated carbocycles. The Balaban J connectivity index is 1.56. The van der Waals surface area contributed by atoms with Crippen LogP contribution in [0.25, 0.3) is 0 Å². The van der Waals surface area contributed by atoms with Crippen LogP contribution in [0.1, 0.15) is 16.9 Å². The summed E-state index contributed by atoms with van der Waals surface area (Å²) in [5, 5.41) is 7.07. The summed E-state index contributed by atoms with van der Waals surface area (Å²) >= 11 is 0. The molecular weight excluding hydrogens is 346 g/mol. The fourth-order valence-corrected chi connectivity index (χ4v) is 3.22. The number of aromatic nitrogens is 3. The summed E-state index contributed by atoms with van der Waals surface area (Å²) in [5.74, 6) is 4.40. The molecule has 0 fully saturated rings. The quantitative estimate of drug-likeness (QED) is 0.736. The Hall–Kier alpha value is -3.29. The molecule has 1 N–H and O–H groups in total. The van der Waals surface area contributed by atoms with Crippen molar-refractivity contribution in [2.75, 3.05) is 31.0 Å². The van der Waals surface area contributed by atoms with E-state index in [9.17, 15) is 0 Å². The first-order chi connectivity index (χ1) is 13.2. The highest BCUT2D eigenvalue weighted by atomic mass is 16.5. The summed E-state index contributed by atoms with van der Waals surface area (Å²) in [6, 6.07) is 7.83. The number of nitrogens with zero attached hydrogens (tertiary/aromatic N) is 4. The van der Waals surface area contributed by atoms with Crippen molar-refractivity contribution in [2.24, 2.45) is 0 Å². The minimum atomic E-state index is 0.623.